The molecule has 0 aromatic carbocycles. The van der Waals surface area contributed by atoms with Crippen LogP contribution in [0.1, 0.15) is 71.6 Å². The summed E-state index contributed by atoms with van der Waals surface area (Å²) in [7, 11) is 0. The monoisotopic (exact) mass is 279 g/mol. The molecular formula is C18H33NO. The largest absolute Gasteiger partial charge is 0.330 e. The van der Waals surface area contributed by atoms with Crippen LogP contribution in [0.25, 0.3) is 0 Å². The molecule has 2 nitrogen and oxygen atoms in total. The third-order valence-corrected chi connectivity index (χ3v) is 4.88. The molecule has 1 aliphatic carbocycles. The zero-order valence-corrected chi connectivity index (χ0v) is 13.5. The van der Waals surface area contributed by atoms with Crippen molar-refractivity contribution in [3.8, 4) is 0 Å². The van der Waals surface area contributed by atoms with Crippen molar-refractivity contribution in [2.75, 3.05) is 6.54 Å². The van der Waals surface area contributed by atoms with Crippen LogP contribution in [-0.4, -0.2) is 12.3 Å². The van der Waals surface area contributed by atoms with Crippen molar-refractivity contribution in [3.05, 3.63) is 12.2 Å². The first-order valence-electron chi connectivity index (χ1n) is 8.47. The first-order valence-corrected chi connectivity index (χ1v) is 8.47. The topological polar surface area (TPSA) is 43.1 Å². The molecule has 0 heterocycles. The van der Waals surface area contributed by atoms with Crippen molar-refractivity contribution in [1.29, 1.82) is 0 Å². The van der Waals surface area contributed by atoms with Gasteiger partial charge in [-0.1, -0.05) is 59.0 Å². The number of carbonyl (C=O) groups excluding carboxylic acids is 1. The van der Waals surface area contributed by atoms with E-state index in [1.54, 1.807) is 0 Å². The van der Waals surface area contributed by atoms with Crippen LogP contribution in [-0.2, 0) is 4.79 Å². The van der Waals surface area contributed by atoms with Gasteiger partial charge in [0.05, 0.1) is 0 Å². The maximum Gasteiger partial charge on any atom is 0.158 e. The maximum absolute atomic E-state index is 12.1. The SMILES string of the molecule is C=C(CC(CN)CC1CCCCC1)C(=O)CC(C)CC. The van der Waals surface area contributed by atoms with E-state index in [0.29, 0.717) is 24.8 Å². The Labute approximate surface area is 125 Å². The Bertz CT molecular complexity index is 305. The molecule has 1 rings (SSSR count). The van der Waals surface area contributed by atoms with E-state index in [9.17, 15) is 4.79 Å². The number of carbonyl (C=O) groups is 1. The molecule has 1 fully saturated rings. The minimum Gasteiger partial charge on any atom is -0.330 e. The van der Waals surface area contributed by atoms with Crippen LogP contribution in [0.5, 0.6) is 0 Å². The normalized spacial score (nSPS) is 19.6. The molecule has 2 unspecified atom stereocenters. The van der Waals surface area contributed by atoms with Gasteiger partial charge in [0, 0.05) is 6.42 Å². The Hall–Kier alpha value is -0.630. The molecular weight excluding hydrogens is 246 g/mol. The Morgan fingerprint density at radius 3 is 2.45 bits per heavy atom. The average Bonchev–Trinajstić information content (AvgIpc) is 2.47. The number of rotatable bonds is 9. The fourth-order valence-electron chi connectivity index (χ4n) is 3.22. The summed E-state index contributed by atoms with van der Waals surface area (Å²) in [4.78, 5) is 12.1. The average molecular weight is 279 g/mol. The van der Waals surface area contributed by atoms with Crippen molar-refractivity contribution in [2.45, 2.75) is 71.6 Å². The molecule has 2 atom stereocenters. The first kappa shape index (κ1) is 17.4. The third-order valence-electron chi connectivity index (χ3n) is 4.88. The predicted octanol–water partition coefficient (Wildman–Crippen LogP) is 4.48. The second-order valence-electron chi connectivity index (χ2n) is 6.79. The van der Waals surface area contributed by atoms with Crippen molar-refractivity contribution in [3.63, 3.8) is 0 Å². The van der Waals surface area contributed by atoms with E-state index in [4.69, 9.17) is 5.73 Å². The summed E-state index contributed by atoms with van der Waals surface area (Å²) in [5, 5.41) is 0. The first-order chi connectivity index (χ1) is 9.56. The summed E-state index contributed by atoms with van der Waals surface area (Å²) in [6, 6.07) is 0. The lowest BCUT2D eigenvalue weighted by molar-refractivity contribution is -0.116. The van der Waals surface area contributed by atoms with Gasteiger partial charge in [0.1, 0.15) is 0 Å². The van der Waals surface area contributed by atoms with Crippen LogP contribution in [0.15, 0.2) is 12.2 Å². The highest BCUT2D eigenvalue weighted by Gasteiger charge is 2.20. The standard InChI is InChI=1S/C18H33NO/c1-4-14(2)10-18(20)15(3)11-17(13-19)12-16-8-6-5-7-9-16/h14,16-17H,3-13,19H2,1-2H3. The van der Waals surface area contributed by atoms with E-state index in [1.165, 1.54) is 38.5 Å². The summed E-state index contributed by atoms with van der Waals surface area (Å²) in [5.41, 5.74) is 6.72. The van der Waals surface area contributed by atoms with Crippen LogP contribution < -0.4 is 5.73 Å². The van der Waals surface area contributed by atoms with Gasteiger partial charge >= 0.3 is 0 Å². The van der Waals surface area contributed by atoms with E-state index in [1.807, 2.05) is 0 Å². The molecule has 1 aliphatic rings. The predicted molar refractivity (Wildman–Crippen MR) is 86.6 cm³/mol. The molecule has 20 heavy (non-hydrogen) atoms. The third kappa shape index (κ3) is 6.21. The highest BCUT2D eigenvalue weighted by atomic mass is 16.1. The molecule has 0 amide bonds. The van der Waals surface area contributed by atoms with E-state index in [-0.39, 0.29) is 5.78 Å². The van der Waals surface area contributed by atoms with Crippen molar-refractivity contribution in [1.82, 2.24) is 0 Å². The van der Waals surface area contributed by atoms with Gasteiger partial charge in [-0.05, 0) is 42.7 Å². The van der Waals surface area contributed by atoms with Gasteiger partial charge in [0.15, 0.2) is 5.78 Å². The van der Waals surface area contributed by atoms with Gasteiger partial charge < -0.3 is 5.73 Å². The lowest BCUT2D eigenvalue weighted by Crippen LogP contribution is -2.21. The van der Waals surface area contributed by atoms with Crippen molar-refractivity contribution < 1.29 is 4.79 Å². The zero-order valence-electron chi connectivity index (χ0n) is 13.5. The van der Waals surface area contributed by atoms with E-state index in [0.717, 1.165) is 24.3 Å². The van der Waals surface area contributed by atoms with Crippen molar-refractivity contribution >= 4 is 5.78 Å². The summed E-state index contributed by atoms with van der Waals surface area (Å²) in [6.45, 7) is 8.97. The van der Waals surface area contributed by atoms with E-state index < -0.39 is 0 Å². The summed E-state index contributed by atoms with van der Waals surface area (Å²) >= 11 is 0. The van der Waals surface area contributed by atoms with Gasteiger partial charge in [0.25, 0.3) is 0 Å². The molecule has 0 bridgehead atoms. The van der Waals surface area contributed by atoms with Gasteiger partial charge in [0.2, 0.25) is 0 Å². The number of Topliss-reactive ketones (excluding diaryl/α,β-unsaturated/α-hetero) is 1. The summed E-state index contributed by atoms with van der Waals surface area (Å²) < 4.78 is 0. The number of nitrogens with two attached hydrogens (primary N) is 1. The molecule has 2 N–H and O–H groups in total. The fourth-order valence-corrected chi connectivity index (χ4v) is 3.22. The quantitative estimate of drug-likeness (QED) is 0.632. The van der Waals surface area contributed by atoms with Crippen LogP contribution in [0.2, 0.25) is 0 Å². The Morgan fingerprint density at radius 1 is 1.25 bits per heavy atom. The maximum atomic E-state index is 12.1. The smallest absolute Gasteiger partial charge is 0.158 e. The molecule has 0 saturated heterocycles. The number of allylic oxidation sites excluding steroid dienone is 1. The minimum atomic E-state index is 0.251. The lowest BCUT2D eigenvalue weighted by Gasteiger charge is -2.26. The highest BCUT2D eigenvalue weighted by Crippen LogP contribution is 2.31. The molecule has 0 aromatic heterocycles. The Kier molecular flexibility index (Phi) is 8.13. The number of hydrogen-bond donors (Lipinski definition) is 1. The Morgan fingerprint density at radius 2 is 1.90 bits per heavy atom. The molecule has 0 aromatic rings. The molecule has 116 valence electrons. The van der Waals surface area contributed by atoms with Crippen LogP contribution in [0, 0.1) is 17.8 Å². The van der Waals surface area contributed by atoms with Gasteiger partial charge in [-0.3, -0.25) is 4.79 Å². The van der Waals surface area contributed by atoms with Gasteiger partial charge in [-0.15, -0.1) is 0 Å². The second kappa shape index (κ2) is 9.33. The number of ketones is 1. The highest BCUT2D eigenvalue weighted by molar-refractivity contribution is 5.94. The fraction of sp³-hybridized carbons (Fsp3) is 0.833. The molecule has 0 spiro atoms. The van der Waals surface area contributed by atoms with Gasteiger partial charge in [-0.25, -0.2) is 0 Å². The lowest BCUT2D eigenvalue weighted by atomic mass is 9.80. The molecule has 0 radical (unpaired) electrons. The van der Waals surface area contributed by atoms with Crippen LogP contribution >= 0.6 is 0 Å². The molecule has 0 aliphatic heterocycles. The summed E-state index contributed by atoms with van der Waals surface area (Å²) in [6.07, 6.45) is 10.5. The zero-order chi connectivity index (χ0) is 15.0. The van der Waals surface area contributed by atoms with Gasteiger partial charge in [-0.2, -0.15) is 0 Å². The van der Waals surface area contributed by atoms with Crippen LogP contribution in [0.3, 0.4) is 0 Å². The second-order valence-corrected chi connectivity index (χ2v) is 6.79. The molecule has 1 saturated carbocycles. The van der Waals surface area contributed by atoms with E-state index in [2.05, 4.69) is 20.4 Å². The molecule has 2 heteroatoms. The van der Waals surface area contributed by atoms with Crippen molar-refractivity contribution in [2.24, 2.45) is 23.5 Å². The minimum absolute atomic E-state index is 0.251. The number of hydrogen-bond acceptors (Lipinski definition) is 2. The Balaban J connectivity index is 2.38. The van der Waals surface area contributed by atoms with Crippen LogP contribution in [0.4, 0.5) is 0 Å². The summed E-state index contributed by atoms with van der Waals surface area (Å²) in [5.74, 6) is 2.00. The van der Waals surface area contributed by atoms with E-state index >= 15 is 0 Å².